The molecule has 11 heteroatoms. The maximum Gasteiger partial charge on any atom is 0.253 e. The normalized spacial score (nSPS) is 11.3. The van der Waals surface area contributed by atoms with Crippen LogP contribution in [0.25, 0.3) is 0 Å². The number of carbonyl (C=O) groups is 2. The van der Waals surface area contributed by atoms with E-state index < -0.39 is 22.5 Å². The van der Waals surface area contributed by atoms with Crippen molar-refractivity contribution < 1.29 is 18.0 Å². The zero-order valence-electron chi connectivity index (χ0n) is 16.4. The van der Waals surface area contributed by atoms with Gasteiger partial charge in [-0.25, -0.2) is 8.42 Å². The van der Waals surface area contributed by atoms with Crippen LogP contribution in [0.3, 0.4) is 0 Å². The number of amides is 2. The molecule has 0 atom stereocenters. The van der Waals surface area contributed by atoms with Crippen molar-refractivity contribution in [1.82, 2.24) is 5.32 Å². The van der Waals surface area contributed by atoms with Gasteiger partial charge in [0.1, 0.15) is 6.54 Å². The Morgan fingerprint density at radius 2 is 1.63 bits per heavy atom. The molecule has 0 aromatic heterocycles. The second kappa shape index (κ2) is 9.87. The molecule has 0 heterocycles. The van der Waals surface area contributed by atoms with Crippen molar-refractivity contribution in [3.05, 3.63) is 57.0 Å². The van der Waals surface area contributed by atoms with Gasteiger partial charge in [0.05, 0.1) is 38.3 Å². The molecule has 0 bridgehead atoms. The van der Waals surface area contributed by atoms with Gasteiger partial charge in [0.25, 0.3) is 5.91 Å². The number of halogens is 3. The minimum Gasteiger partial charge on any atom is -0.350 e. The molecule has 0 saturated heterocycles. The lowest BCUT2D eigenvalue weighted by Crippen LogP contribution is -2.38. The Labute approximate surface area is 190 Å². The van der Waals surface area contributed by atoms with E-state index >= 15 is 0 Å². The van der Waals surface area contributed by atoms with E-state index in [1.165, 1.54) is 12.1 Å². The number of carbonyl (C=O) groups excluding carboxylic acids is 2. The van der Waals surface area contributed by atoms with Crippen LogP contribution in [0, 0.1) is 0 Å². The summed E-state index contributed by atoms with van der Waals surface area (Å²) in [4.78, 5) is 25.0. The second-order valence-corrected chi connectivity index (χ2v) is 9.84. The number of rotatable bonds is 7. The molecule has 30 heavy (non-hydrogen) atoms. The van der Waals surface area contributed by atoms with Crippen LogP contribution in [0.15, 0.2) is 36.4 Å². The highest BCUT2D eigenvalue weighted by Crippen LogP contribution is 2.35. The maximum absolute atomic E-state index is 12.7. The van der Waals surface area contributed by atoms with Crippen molar-refractivity contribution >= 4 is 68.0 Å². The van der Waals surface area contributed by atoms with Crippen molar-refractivity contribution in [2.45, 2.75) is 19.9 Å². The summed E-state index contributed by atoms with van der Waals surface area (Å²) in [6, 6.07) is 8.86. The molecule has 0 aliphatic carbocycles. The molecule has 162 valence electrons. The number of benzene rings is 2. The van der Waals surface area contributed by atoms with Gasteiger partial charge in [0, 0.05) is 6.04 Å². The molecule has 2 amide bonds. The van der Waals surface area contributed by atoms with Crippen molar-refractivity contribution in [2.75, 3.05) is 22.4 Å². The Bertz CT molecular complexity index is 1070. The van der Waals surface area contributed by atoms with E-state index in [0.717, 1.165) is 10.6 Å². The van der Waals surface area contributed by atoms with Gasteiger partial charge in [0.2, 0.25) is 15.9 Å². The Morgan fingerprint density at radius 1 is 1.03 bits per heavy atom. The number of hydrogen-bond acceptors (Lipinski definition) is 4. The standard InChI is InChI=1S/C19H20Cl3N3O4S/c1-11(2)23-19(27)12-6-4-5-7-16(12)24-18(26)10-25(30(3,28)29)17-9-14(21)13(20)8-15(17)22/h4-9,11H,10H2,1-3H3,(H,23,27)(H,24,26). The molecule has 2 rings (SSSR count). The molecule has 0 saturated carbocycles. The number of sulfonamides is 1. The van der Waals surface area contributed by atoms with E-state index in [4.69, 9.17) is 34.8 Å². The summed E-state index contributed by atoms with van der Waals surface area (Å²) >= 11 is 18.0. The Morgan fingerprint density at radius 3 is 2.23 bits per heavy atom. The Balaban J connectivity index is 2.32. The predicted octanol–water partition coefficient (Wildman–Crippen LogP) is 4.19. The Kier molecular flexibility index (Phi) is 7.99. The average Bonchev–Trinajstić information content (AvgIpc) is 2.62. The van der Waals surface area contributed by atoms with Crippen LogP contribution < -0.4 is 14.9 Å². The van der Waals surface area contributed by atoms with Crippen molar-refractivity contribution in [2.24, 2.45) is 0 Å². The molecule has 0 aliphatic rings. The first-order valence-electron chi connectivity index (χ1n) is 8.72. The van der Waals surface area contributed by atoms with Crippen LogP contribution >= 0.6 is 34.8 Å². The highest BCUT2D eigenvalue weighted by molar-refractivity contribution is 7.92. The summed E-state index contributed by atoms with van der Waals surface area (Å²) in [5, 5.41) is 5.56. The first kappa shape index (κ1) is 24.3. The van der Waals surface area contributed by atoms with Crippen molar-refractivity contribution in [3.63, 3.8) is 0 Å². The van der Waals surface area contributed by atoms with E-state index in [9.17, 15) is 18.0 Å². The van der Waals surface area contributed by atoms with Crippen molar-refractivity contribution in [1.29, 1.82) is 0 Å². The van der Waals surface area contributed by atoms with E-state index in [1.807, 2.05) is 13.8 Å². The lowest BCUT2D eigenvalue weighted by molar-refractivity contribution is -0.114. The van der Waals surface area contributed by atoms with Crippen LogP contribution in [-0.2, 0) is 14.8 Å². The number of nitrogens with zero attached hydrogens (tertiary/aromatic N) is 1. The molecule has 2 aromatic rings. The van der Waals surface area contributed by atoms with Gasteiger partial charge in [-0.3, -0.25) is 13.9 Å². The third-order valence-corrected chi connectivity index (χ3v) is 5.96. The van der Waals surface area contributed by atoms with E-state index in [1.54, 1.807) is 24.3 Å². The van der Waals surface area contributed by atoms with Gasteiger partial charge < -0.3 is 10.6 Å². The minimum absolute atomic E-state index is 0.00885. The molecular formula is C19H20Cl3N3O4S. The predicted molar refractivity (Wildman–Crippen MR) is 121 cm³/mol. The SMILES string of the molecule is CC(C)NC(=O)c1ccccc1NC(=O)CN(c1cc(Cl)c(Cl)cc1Cl)S(C)(=O)=O. The quantitative estimate of drug-likeness (QED) is 0.567. The third kappa shape index (κ3) is 6.25. The molecule has 0 unspecified atom stereocenters. The summed E-state index contributed by atoms with van der Waals surface area (Å²) < 4.78 is 25.4. The van der Waals surface area contributed by atoms with E-state index in [2.05, 4.69) is 10.6 Å². The van der Waals surface area contributed by atoms with Gasteiger partial charge in [-0.1, -0.05) is 46.9 Å². The van der Waals surface area contributed by atoms with Crippen molar-refractivity contribution in [3.8, 4) is 0 Å². The van der Waals surface area contributed by atoms with Gasteiger partial charge in [-0.15, -0.1) is 0 Å². The molecule has 0 radical (unpaired) electrons. The Hall–Kier alpha value is -2.00. The fraction of sp³-hybridized carbons (Fsp3) is 0.263. The summed E-state index contributed by atoms with van der Waals surface area (Å²) in [5.41, 5.74) is 0.502. The van der Waals surface area contributed by atoms with Gasteiger partial charge in [-0.2, -0.15) is 0 Å². The zero-order valence-corrected chi connectivity index (χ0v) is 19.5. The fourth-order valence-electron chi connectivity index (χ4n) is 2.53. The lowest BCUT2D eigenvalue weighted by Gasteiger charge is -2.23. The summed E-state index contributed by atoms with van der Waals surface area (Å²) in [6.45, 7) is 3.03. The summed E-state index contributed by atoms with van der Waals surface area (Å²) in [7, 11) is -3.89. The maximum atomic E-state index is 12.7. The topological polar surface area (TPSA) is 95.6 Å². The third-order valence-electron chi connectivity index (χ3n) is 3.81. The first-order valence-corrected chi connectivity index (χ1v) is 11.7. The number of anilines is 2. The average molecular weight is 493 g/mol. The lowest BCUT2D eigenvalue weighted by atomic mass is 10.1. The van der Waals surface area contributed by atoms with E-state index in [0.29, 0.717) is 0 Å². The number of nitrogens with one attached hydrogen (secondary N) is 2. The van der Waals surface area contributed by atoms with Gasteiger partial charge in [0.15, 0.2) is 0 Å². The number of para-hydroxylation sites is 1. The smallest absolute Gasteiger partial charge is 0.253 e. The largest absolute Gasteiger partial charge is 0.350 e. The monoisotopic (exact) mass is 491 g/mol. The molecule has 0 aliphatic heterocycles. The first-order chi connectivity index (χ1) is 13.9. The molecule has 0 spiro atoms. The summed E-state index contributed by atoms with van der Waals surface area (Å²) in [6.07, 6.45) is 0.934. The minimum atomic E-state index is -3.89. The van der Waals surface area contributed by atoms with Gasteiger partial charge >= 0.3 is 0 Å². The summed E-state index contributed by atoms with van der Waals surface area (Å²) in [5.74, 6) is -1.04. The van der Waals surface area contributed by atoms with E-state index in [-0.39, 0.29) is 44.0 Å². The molecular weight excluding hydrogens is 473 g/mol. The fourth-order valence-corrected chi connectivity index (χ4v) is 4.09. The van der Waals surface area contributed by atoms with Crippen LogP contribution in [-0.4, -0.2) is 39.1 Å². The molecule has 2 N–H and O–H groups in total. The van der Waals surface area contributed by atoms with Crippen LogP contribution in [0.2, 0.25) is 15.1 Å². The van der Waals surface area contributed by atoms with Crippen LogP contribution in [0.1, 0.15) is 24.2 Å². The van der Waals surface area contributed by atoms with Gasteiger partial charge in [-0.05, 0) is 38.1 Å². The zero-order chi connectivity index (χ0) is 22.6. The highest BCUT2D eigenvalue weighted by Gasteiger charge is 2.25. The second-order valence-electron chi connectivity index (χ2n) is 6.71. The molecule has 0 fully saturated rings. The van der Waals surface area contributed by atoms with Crippen LogP contribution in [0.4, 0.5) is 11.4 Å². The number of hydrogen-bond donors (Lipinski definition) is 2. The molecule has 7 nitrogen and oxygen atoms in total. The molecule has 2 aromatic carbocycles. The van der Waals surface area contributed by atoms with Crippen LogP contribution in [0.5, 0.6) is 0 Å². The highest BCUT2D eigenvalue weighted by atomic mass is 35.5.